The number of aliphatic carboxylic acids is 1. The number of rotatable bonds is 6. The number of carbonyl (C=O) groups excluding carboxylic acids is 1. The molecule has 1 amide bonds. The Kier molecular flexibility index (Phi) is 7.04. The van der Waals surface area contributed by atoms with E-state index in [4.69, 9.17) is 4.98 Å². The fourth-order valence-corrected chi connectivity index (χ4v) is 5.75. The second-order valence-electron chi connectivity index (χ2n) is 10.8. The van der Waals surface area contributed by atoms with Crippen molar-refractivity contribution in [2.24, 2.45) is 5.10 Å². The molecule has 3 heterocycles. The maximum atomic E-state index is 13.1. The Hall–Kier alpha value is -5.82. The highest BCUT2D eigenvalue weighted by molar-refractivity contribution is 6.53. The van der Waals surface area contributed by atoms with Crippen LogP contribution in [0, 0.1) is 0 Å². The molecule has 1 aromatic heterocycles. The van der Waals surface area contributed by atoms with Crippen LogP contribution in [-0.2, 0) is 16.0 Å². The average Bonchev–Trinajstić information content (AvgIpc) is 3.41. The number of hydrogen-bond acceptors (Lipinski definition) is 5. The van der Waals surface area contributed by atoms with Crippen LogP contribution >= 0.6 is 0 Å². The zero-order chi connectivity index (χ0) is 30.0. The van der Waals surface area contributed by atoms with Crippen molar-refractivity contribution in [3.05, 3.63) is 138 Å². The first-order valence-electron chi connectivity index (χ1n) is 14.5. The fourth-order valence-electron chi connectivity index (χ4n) is 5.75. The molecule has 2 aliphatic heterocycles. The Morgan fingerprint density at radius 2 is 1.45 bits per heavy atom. The largest absolute Gasteiger partial charge is 0.476 e. The highest BCUT2D eigenvalue weighted by Gasteiger charge is 2.35. The first kappa shape index (κ1) is 27.0. The molecule has 2 aliphatic rings. The van der Waals surface area contributed by atoms with E-state index in [1.165, 1.54) is 16.9 Å². The lowest BCUT2D eigenvalue weighted by Gasteiger charge is -2.31. The molecule has 7 nitrogen and oxygen atoms in total. The van der Waals surface area contributed by atoms with Gasteiger partial charge >= 0.3 is 5.97 Å². The minimum atomic E-state index is -1.25. The van der Waals surface area contributed by atoms with Gasteiger partial charge in [-0.2, -0.15) is 10.1 Å². The molecule has 0 unspecified atom stereocenters. The highest BCUT2D eigenvalue weighted by Crippen LogP contribution is 2.36. The third-order valence-corrected chi connectivity index (χ3v) is 7.96. The van der Waals surface area contributed by atoms with Crippen molar-refractivity contribution in [3.8, 4) is 22.4 Å². The Bertz CT molecular complexity index is 1920. The molecule has 44 heavy (non-hydrogen) atoms. The number of carboxylic acid groups (broad SMARTS) is 1. The standard InChI is InChI=1S/C37H28N4O3/c42-36-32(35(37(43)44)39-41(36)31-11-5-2-6-12-31)22-25-13-15-26(16-14-25)33-19-17-29(24-38-33)27-18-20-34-28(23-27)8-7-21-40(34)30-9-3-1-4-10-30/h1-6,9-20,22-24H,7-8,21H2,(H,43,44). The van der Waals surface area contributed by atoms with Crippen LogP contribution in [0.25, 0.3) is 28.5 Å². The van der Waals surface area contributed by atoms with Gasteiger partial charge in [-0.1, -0.05) is 72.8 Å². The summed E-state index contributed by atoms with van der Waals surface area (Å²) in [6.07, 6.45) is 5.62. The van der Waals surface area contributed by atoms with Crippen molar-refractivity contribution < 1.29 is 14.7 Å². The number of para-hydroxylation sites is 2. The van der Waals surface area contributed by atoms with Gasteiger partial charge in [0.05, 0.1) is 17.0 Å². The minimum Gasteiger partial charge on any atom is -0.476 e. The number of aromatic nitrogens is 1. The van der Waals surface area contributed by atoms with E-state index in [0.29, 0.717) is 11.3 Å². The van der Waals surface area contributed by atoms with Crippen LogP contribution in [0.15, 0.2) is 132 Å². The first-order valence-corrected chi connectivity index (χ1v) is 14.5. The number of benzene rings is 4. The number of aryl methyl sites for hydroxylation is 1. The van der Waals surface area contributed by atoms with Gasteiger partial charge in [0.15, 0.2) is 5.71 Å². The summed E-state index contributed by atoms with van der Waals surface area (Å²) in [5, 5.41) is 14.9. The van der Waals surface area contributed by atoms with E-state index >= 15 is 0 Å². The van der Waals surface area contributed by atoms with Gasteiger partial charge in [-0.3, -0.25) is 9.78 Å². The predicted octanol–water partition coefficient (Wildman–Crippen LogP) is 7.37. The Labute approximate surface area is 255 Å². The van der Waals surface area contributed by atoms with Crippen LogP contribution in [0.5, 0.6) is 0 Å². The highest BCUT2D eigenvalue weighted by atomic mass is 16.4. The lowest BCUT2D eigenvalue weighted by atomic mass is 9.96. The van der Waals surface area contributed by atoms with Gasteiger partial charge in [0.25, 0.3) is 5.91 Å². The quantitative estimate of drug-likeness (QED) is 0.213. The molecule has 0 spiro atoms. The number of carboxylic acids is 1. The zero-order valence-electron chi connectivity index (χ0n) is 23.8. The minimum absolute atomic E-state index is 0.0357. The lowest BCUT2D eigenvalue weighted by Crippen LogP contribution is -2.24. The summed E-state index contributed by atoms with van der Waals surface area (Å²) in [5.74, 6) is -1.73. The van der Waals surface area contributed by atoms with Crippen molar-refractivity contribution in [2.75, 3.05) is 16.5 Å². The molecule has 214 valence electrons. The topological polar surface area (TPSA) is 86.1 Å². The number of fused-ring (bicyclic) bond motifs is 1. The van der Waals surface area contributed by atoms with E-state index in [0.717, 1.165) is 46.8 Å². The molecule has 0 bridgehead atoms. The van der Waals surface area contributed by atoms with Crippen LogP contribution in [0.4, 0.5) is 17.1 Å². The van der Waals surface area contributed by atoms with E-state index in [9.17, 15) is 14.7 Å². The van der Waals surface area contributed by atoms with Crippen molar-refractivity contribution in [2.45, 2.75) is 12.8 Å². The van der Waals surface area contributed by atoms with Gasteiger partial charge in [-0.25, -0.2) is 4.79 Å². The third kappa shape index (κ3) is 5.16. The van der Waals surface area contributed by atoms with Crippen molar-refractivity contribution in [3.63, 3.8) is 0 Å². The molecule has 0 saturated heterocycles. The second-order valence-corrected chi connectivity index (χ2v) is 10.8. The van der Waals surface area contributed by atoms with Crippen LogP contribution < -0.4 is 9.91 Å². The number of pyridine rings is 1. The van der Waals surface area contributed by atoms with Crippen LogP contribution in [0.3, 0.4) is 0 Å². The molecule has 1 N–H and O–H groups in total. The summed E-state index contributed by atoms with van der Waals surface area (Å²) in [5.41, 5.74) is 8.71. The molecule has 0 aliphatic carbocycles. The number of carbonyl (C=O) groups is 2. The van der Waals surface area contributed by atoms with Crippen LogP contribution in [-0.4, -0.2) is 34.2 Å². The first-order chi connectivity index (χ1) is 21.5. The molecule has 0 atom stereocenters. The maximum absolute atomic E-state index is 13.1. The van der Waals surface area contributed by atoms with Gasteiger partial charge in [0.2, 0.25) is 0 Å². The van der Waals surface area contributed by atoms with E-state index in [-0.39, 0.29) is 11.3 Å². The number of anilines is 3. The summed E-state index contributed by atoms with van der Waals surface area (Å²) in [6.45, 7) is 1.01. The van der Waals surface area contributed by atoms with E-state index in [1.54, 1.807) is 30.3 Å². The number of nitrogens with zero attached hydrogens (tertiary/aromatic N) is 4. The normalized spacial score (nSPS) is 15.3. The van der Waals surface area contributed by atoms with E-state index in [1.807, 2.05) is 48.7 Å². The lowest BCUT2D eigenvalue weighted by molar-refractivity contribution is -0.129. The molecule has 7 heteroatoms. The second kappa shape index (κ2) is 11.5. The molecule has 7 rings (SSSR count). The summed E-state index contributed by atoms with van der Waals surface area (Å²) in [7, 11) is 0. The average molecular weight is 577 g/mol. The maximum Gasteiger partial charge on any atom is 0.357 e. The van der Waals surface area contributed by atoms with Crippen molar-refractivity contribution in [1.29, 1.82) is 0 Å². The monoisotopic (exact) mass is 576 g/mol. The zero-order valence-corrected chi connectivity index (χ0v) is 23.8. The number of hydrogen-bond donors (Lipinski definition) is 1. The smallest absolute Gasteiger partial charge is 0.357 e. The molecule has 0 radical (unpaired) electrons. The molecular weight excluding hydrogens is 548 g/mol. The summed E-state index contributed by atoms with van der Waals surface area (Å²) >= 11 is 0. The van der Waals surface area contributed by atoms with E-state index in [2.05, 4.69) is 58.5 Å². The number of hydrazone groups is 1. The van der Waals surface area contributed by atoms with Gasteiger partial charge in [0.1, 0.15) is 0 Å². The Morgan fingerprint density at radius 1 is 0.773 bits per heavy atom. The van der Waals surface area contributed by atoms with Crippen LogP contribution in [0.2, 0.25) is 0 Å². The van der Waals surface area contributed by atoms with Crippen molar-refractivity contribution in [1.82, 2.24) is 4.98 Å². The van der Waals surface area contributed by atoms with Crippen molar-refractivity contribution >= 4 is 40.7 Å². The summed E-state index contributed by atoms with van der Waals surface area (Å²) in [6, 6.07) is 37.6. The number of amides is 1. The van der Waals surface area contributed by atoms with Gasteiger partial charge in [-0.15, -0.1) is 0 Å². The molecule has 4 aromatic carbocycles. The molecular formula is C37H28N4O3. The summed E-state index contributed by atoms with van der Waals surface area (Å²) in [4.78, 5) is 32.1. The molecule has 0 saturated carbocycles. The Balaban J connectivity index is 1.10. The Morgan fingerprint density at radius 3 is 2.14 bits per heavy atom. The molecule has 0 fully saturated rings. The molecule has 5 aromatic rings. The van der Waals surface area contributed by atoms with Gasteiger partial charge in [0, 0.05) is 35.2 Å². The summed E-state index contributed by atoms with van der Waals surface area (Å²) < 4.78 is 0. The SMILES string of the molecule is O=C(O)C1=NN(c2ccccc2)C(=O)C1=Cc1ccc(-c2ccc(-c3ccc4c(c3)CCCN4c3ccccc3)cn2)cc1. The van der Waals surface area contributed by atoms with Crippen LogP contribution in [0.1, 0.15) is 17.5 Å². The van der Waals surface area contributed by atoms with Gasteiger partial charge < -0.3 is 10.0 Å². The van der Waals surface area contributed by atoms with E-state index < -0.39 is 11.9 Å². The third-order valence-electron chi connectivity index (χ3n) is 7.96. The fraction of sp³-hybridized carbons (Fsp3) is 0.0811. The predicted molar refractivity (Wildman–Crippen MR) is 174 cm³/mol. The van der Waals surface area contributed by atoms with Gasteiger partial charge in [-0.05, 0) is 78.1 Å².